The summed E-state index contributed by atoms with van der Waals surface area (Å²) < 4.78 is 18.9. The highest BCUT2D eigenvalue weighted by atomic mass is 19.1. The summed E-state index contributed by atoms with van der Waals surface area (Å²) in [5.41, 5.74) is 9.19. The minimum absolute atomic E-state index is 0.190. The number of halogens is 1. The van der Waals surface area contributed by atoms with Gasteiger partial charge in [0.1, 0.15) is 17.3 Å². The molecule has 112 valence electrons. The quantitative estimate of drug-likeness (QED) is 0.877. The normalized spacial score (nSPS) is 12.2. The third kappa shape index (κ3) is 4.05. The molecule has 2 rings (SSSR count). The molecule has 0 aliphatic carbocycles. The van der Waals surface area contributed by atoms with Crippen LogP contribution in [0.2, 0.25) is 0 Å². The van der Waals surface area contributed by atoms with Crippen LogP contribution in [0.5, 0.6) is 11.5 Å². The standard InChI is InChI=1S/C18H22FNO/c1-4-16(20)11-14-5-7-17(10-12(14)2)21-18-8-6-15(19)9-13(18)3/h5-10,16H,4,11,20H2,1-3H3. The van der Waals surface area contributed by atoms with Gasteiger partial charge in [-0.05, 0) is 73.7 Å². The molecule has 0 bridgehead atoms. The second-order valence-corrected chi connectivity index (χ2v) is 5.47. The first-order chi connectivity index (χ1) is 9.99. The summed E-state index contributed by atoms with van der Waals surface area (Å²) in [5, 5.41) is 0. The van der Waals surface area contributed by atoms with Gasteiger partial charge in [0.15, 0.2) is 0 Å². The zero-order valence-corrected chi connectivity index (χ0v) is 12.8. The number of rotatable bonds is 5. The van der Waals surface area contributed by atoms with Crippen LogP contribution in [-0.4, -0.2) is 6.04 Å². The molecule has 0 spiro atoms. The Bertz CT molecular complexity index is 625. The van der Waals surface area contributed by atoms with Crippen molar-refractivity contribution in [3.05, 3.63) is 58.9 Å². The Morgan fingerprint density at radius 1 is 1.10 bits per heavy atom. The topological polar surface area (TPSA) is 35.2 Å². The molecule has 0 radical (unpaired) electrons. The molecule has 0 aromatic heterocycles. The van der Waals surface area contributed by atoms with Crippen molar-refractivity contribution in [1.82, 2.24) is 0 Å². The van der Waals surface area contributed by atoms with Crippen LogP contribution in [0.15, 0.2) is 36.4 Å². The van der Waals surface area contributed by atoms with Gasteiger partial charge in [-0.2, -0.15) is 0 Å². The predicted octanol–water partition coefficient (Wildman–Crippen LogP) is 4.51. The summed E-state index contributed by atoms with van der Waals surface area (Å²) in [4.78, 5) is 0. The van der Waals surface area contributed by atoms with E-state index in [2.05, 4.69) is 19.9 Å². The summed E-state index contributed by atoms with van der Waals surface area (Å²) in [6, 6.07) is 10.7. The molecule has 3 heteroatoms. The van der Waals surface area contributed by atoms with Gasteiger partial charge in [0.2, 0.25) is 0 Å². The van der Waals surface area contributed by atoms with Crippen molar-refractivity contribution in [2.75, 3.05) is 0 Å². The fourth-order valence-electron chi connectivity index (χ4n) is 2.24. The van der Waals surface area contributed by atoms with Crippen LogP contribution in [0, 0.1) is 19.7 Å². The van der Waals surface area contributed by atoms with Crippen molar-refractivity contribution in [3.63, 3.8) is 0 Å². The van der Waals surface area contributed by atoms with Crippen LogP contribution in [0.25, 0.3) is 0 Å². The van der Waals surface area contributed by atoms with E-state index in [4.69, 9.17) is 10.5 Å². The van der Waals surface area contributed by atoms with Crippen LogP contribution in [0.3, 0.4) is 0 Å². The molecule has 0 saturated carbocycles. The molecule has 21 heavy (non-hydrogen) atoms. The highest BCUT2D eigenvalue weighted by Crippen LogP contribution is 2.27. The monoisotopic (exact) mass is 287 g/mol. The Balaban J connectivity index is 2.16. The van der Waals surface area contributed by atoms with E-state index in [1.54, 1.807) is 6.07 Å². The lowest BCUT2D eigenvalue weighted by Gasteiger charge is -2.14. The summed E-state index contributed by atoms with van der Waals surface area (Å²) in [5.74, 6) is 1.18. The van der Waals surface area contributed by atoms with E-state index in [0.29, 0.717) is 5.75 Å². The van der Waals surface area contributed by atoms with Gasteiger partial charge < -0.3 is 10.5 Å². The Morgan fingerprint density at radius 2 is 1.86 bits per heavy atom. The number of aryl methyl sites for hydroxylation is 2. The molecule has 2 aromatic carbocycles. The molecule has 0 heterocycles. The predicted molar refractivity (Wildman–Crippen MR) is 84.4 cm³/mol. The second-order valence-electron chi connectivity index (χ2n) is 5.47. The van der Waals surface area contributed by atoms with Gasteiger partial charge in [0, 0.05) is 6.04 Å². The first-order valence-corrected chi connectivity index (χ1v) is 7.28. The van der Waals surface area contributed by atoms with Crippen LogP contribution < -0.4 is 10.5 Å². The number of hydrogen-bond acceptors (Lipinski definition) is 2. The number of benzene rings is 2. The van der Waals surface area contributed by atoms with E-state index >= 15 is 0 Å². The van der Waals surface area contributed by atoms with E-state index in [1.807, 2.05) is 19.1 Å². The number of nitrogens with two attached hydrogens (primary N) is 1. The Morgan fingerprint density at radius 3 is 2.48 bits per heavy atom. The van der Waals surface area contributed by atoms with E-state index in [9.17, 15) is 4.39 Å². The molecule has 0 aliphatic rings. The molecule has 0 fully saturated rings. The largest absolute Gasteiger partial charge is 0.457 e. The van der Waals surface area contributed by atoms with Crippen molar-refractivity contribution in [2.24, 2.45) is 5.73 Å². The molecule has 1 unspecified atom stereocenters. The smallest absolute Gasteiger partial charge is 0.130 e. The molecule has 2 aromatic rings. The maximum absolute atomic E-state index is 13.1. The van der Waals surface area contributed by atoms with E-state index < -0.39 is 0 Å². The van der Waals surface area contributed by atoms with Gasteiger partial charge in [0.25, 0.3) is 0 Å². The summed E-state index contributed by atoms with van der Waals surface area (Å²) in [6.07, 6.45) is 1.84. The van der Waals surface area contributed by atoms with Gasteiger partial charge >= 0.3 is 0 Å². The average Bonchev–Trinajstić information content (AvgIpc) is 2.44. The molecule has 0 amide bonds. The lowest BCUT2D eigenvalue weighted by Crippen LogP contribution is -2.21. The third-order valence-corrected chi connectivity index (χ3v) is 3.69. The maximum atomic E-state index is 13.1. The third-order valence-electron chi connectivity index (χ3n) is 3.69. The van der Waals surface area contributed by atoms with Gasteiger partial charge in [-0.3, -0.25) is 0 Å². The van der Waals surface area contributed by atoms with Gasteiger partial charge in [0.05, 0.1) is 0 Å². The first kappa shape index (κ1) is 15.5. The highest BCUT2D eigenvalue weighted by Gasteiger charge is 2.07. The number of ether oxygens (including phenoxy) is 1. The maximum Gasteiger partial charge on any atom is 0.130 e. The van der Waals surface area contributed by atoms with Gasteiger partial charge in [-0.15, -0.1) is 0 Å². The average molecular weight is 287 g/mol. The zero-order chi connectivity index (χ0) is 15.4. The Kier molecular flexibility index (Phi) is 4.97. The second kappa shape index (κ2) is 6.72. The lowest BCUT2D eigenvalue weighted by molar-refractivity contribution is 0.475. The minimum Gasteiger partial charge on any atom is -0.457 e. The van der Waals surface area contributed by atoms with Gasteiger partial charge in [-0.25, -0.2) is 4.39 Å². The molecule has 2 N–H and O–H groups in total. The van der Waals surface area contributed by atoms with Crippen molar-refractivity contribution in [1.29, 1.82) is 0 Å². The lowest BCUT2D eigenvalue weighted by atomic mass is 10.00. The van der Waals surface area contributed by atoms with E-state index in [-0.39, 0.29) is 11.9 Å². The minimum atomic E-state index is -0.250. The highest BCUT2D eigenvalue weighted by molar-refractivity contribution is 5.40. The molecular weight excluding hydrogens is 265 g/mol. The Labute approximate surface area is 125 Å². The zero-order valence-electron chi connectivity index (χ0n) is 12.8. The van der Waals surface area contributed by atoms with E-state index in [0.717, 1.165) is 29.7 Å². The SMILES string of the molecule is CCC(N)Cc1ccc(Oc2ccc(F)cc2C)cc1C. The molecule has 0 aliphatic heterocycles. The summed E-state index contributed by atoms with van der Waals surface area (Å²) >= 11 is 0. The van der Waals surface area contributed by atoms with Crippen molar-refractivity contribution in [2.45, 2.75) is 39.7 Å². The number of hydrogen-bond donors (Lipinski definition) is 1. The molecular formula is C18H22FNO. The Hall–Kier alpha value is -1.87. The fraction of sp³-hybridized carbons (Fsp3) is 0.333. The molecule has 2 nitrogen and oxygen atoms in total. The molecule has 1 atom stereocenters. The first-order valence-electron chi connectivity index (χ1n) is 7.28. The molecule has 0 saturated heterocycles. The van der Waals surface area contributed by atoms with Crippen molar-refractivity contribution >= 4 is 0 Å². The van der Waals surface area contributed by atoms with Crippen LogP contribution >= 0.6 is 0 Å². The summed E-state index contributed by atoms with van der Waals surface area (Å²) in [7, 11) is 0. The summed E-state index contributed by atoms with van der Waals surface area (Å²) in [6.45, 7) is 5.98. The van der Waals surface area contributed by atoms with Crippen molar-refractivity contribution in [3.8, 4) is 11.5 Å². The van der Waals surface area contributed by atoms with E-state index in [1.165, 1.54) is 17.7 Å². The van der Waals surface area contributed by atoms with Crippen molar-refractivity contribution < 1.29 is 9.13 Å². The fourth-order valence-corrected chi connectivity index (χ4v) is 2.24. The van der Waals surface area contributed by atoms with Crippen LogP contribution in [0.1, 0.15) is 30.0 Å². The van der Waals surface area contributed by atoms with Crippen LogP contribution in [-0.2, 0) is 6.42 Å². The van der Waals surface area contributed by atoms with Gasteiger partial charge in [-0.1, -0.05) is 13.0 Å². The van der Waals surface area contributed by atoms with Crippen LogP contribution in [0.4, 0.5) is 4.39 Å².